The largest absolute Gasteiger partial charge is 0.489 e. The number of hydrogen-bond donors (Lipinski definition) is 0. The lowest BCUT2D eigenvalue weighted by molar-refractivity contribution is 0.133. The Morgan fingerprint density at radius 3 is 3.13 bits per heavy atom. The molecule has 0 aliphatic carbocycles. The Morgan fingerprint density at radius 1 is 1.27 bits per heavy atom. The minimum atomic E-state index is 0.200. The van der Waals surface area contributed by atoms with Crippen LogP contribution in [-0.4, -0.2) is 12.3 Å². The van der Waals surface area contributed by atoms with Crippen molar-refractivity contribution in [2.75, 3.05) is 0 Å². The number of nitrogens with zero attached hydrogens (tertiary/aromatic N) is 1. The quantitative estimate of drug-likeness (QED) is 0.555. The van der Waals surface area contributed by atoms with E-state index in [9.17, 15) is 0 Å². The molecule has 2 aliphatic heterocycles. The molecule has 0 aromatic heterocycles. The van der Waals surface area contributed by atoms with Gasteiger partial charge >= 0.3 is 0 Å². The van der Waals surface area contributed by atoms with Crippen molar-refractivity contribution in [3.63, 3.8) is 0 Å². The first-order chi connectivity index (χ1) is 7.36. The van der Waals surface area contributed by atoms with Crippen LogP contribution < -0.4 is 0 Å². The summed E-state index contributed by atoms with van der Waals surface area (Å²) in [6.45, 7) is 2.07. The van der Waals surface area contributed by atoms with Crippen molar-refractivity contribution in [1.29, 1.82) is 0 Å². The molecule has 0 aromatic carbocycles. The minimum Gasteiger partial charge on any atom is -0.489 e. The van der Waals surface area contributed by atoms with Crippen molar-refractivity contribution in [1.82, 2.24) is 0 Å². The van der Waals surface area contributed by atoms with E-state index in [2.05, 4.69) is 24.1 Å². The van der Waals surface area contributed by atoms with Gasteiger partial charge in [-0.3, -0.25) is 4.99 Å². The van der Waals surface area contributed by atoms with Crippen molar-refractivity contribution in [3.8, 4) is 0 Å². The number of fused-ring (bicyclic) bond motifs is 1. The Bertz CT molecular complexity index is 291. The zero-order chi connectivity index (χ0) is 10.5. The Hall–Kier alpha value is -1.05. The van der Waals surface area contributed by atoms with Crippen LogP contribution in [0.1, 0.15) is 39.0 Å². The average molecular weight is 205 g/mol. The molecule has 0 saturated carbocycles. The molecule has 82 valence electrons. The van der Waals surface area contributed by atoms with E-state index in [1.54, 1.807) is 0 Å². The Balaban J connectivity index is 2.13. The van der Waals surface area contributed by atoms with Gasteiger partial charge < -0.3 is 4.74 Å². The van der Waals surface area contributed by atoms with Gasteiger partial charge in [-0.1, -0.05) is 18.9 Å². The van der Waals surface area contributed by atoms with Gasteiger partial charge in [-0.15, -0.1) is 0 Å². The summed E-state index contributed by atoms with van der Waals surface area (Å²) in [6.07, 6.45) is 14.7. The van der Waals surface area contributed by atoms with E-state index in [-0.39, 0.29) is 6.10 Å². The molecule has 2 aliphatic rings. The zero-order valence-corrected chi connectivity index (χ0v) is 9.36. The van der Waals surface area contributed by atoms with Gasteiger partial charge in [0.2, 0.25) is 0 Å². The molecule has 0 bridgehead atoms. The van der Waals surface area contributed by atoms with Crippen LogP contribution in [0.25, 0.3) is 0 Å². The molecule has 0 radical (unpaired) electrons. The third-order valence-electron chi connectivity index (χ3n) is 2.96. The first-order valence-corrected chi connectivity index (χ1v) is 5.93. The molecule has 2 nitrogen and oxygen atoms in total. The molecule has 0 N–H and O–H groups in total. The Labute approximate surface area is 91.7 Å². The second-order valence-electron chi connectivity index (χ2n) is 4.32. The zero-order valence-electron chi connectivity index (χ0n) is 9.36. The van der Waals surface area contributed by atoms with Crippen LogP contribution in [0.5, 0.6) is 0 Å². The second kappa shape index (κ2) is 5.15. The van der Waals surface area contributed by atoms with Crippen LogP contribution in [0.15, 0.2) is 29.1 Å². The molecule has 0 fully saturated rings. The summed E-state index contributed by atoms with van der Waals surface area (Å²) in [7, 11) is 0. The highest BCUT2D eigenvalue weighted by Crippen LogP contribution is 2.27. The van der Waals surface area contributed by atoms with E-state index in [1.807, 2.05) is 12.4 Å². The van der Waals surface area contributed by atoms with Crippen LogP contribution in [0.2, 0.25) is 0 Å². The predicted octanol–water partition coefficient (Wildman–Crippen LogP) is 3.45. The van der Waals surface area contributed by atoms with Crippen LogP contribution in [-0.2, 0) is 4.74 Å². The van der Waals surface area contributed by atoms with Gasteiger partial charge in [-0.2, -0.15) is 0 Å². The fraction of sp³-hybridized carbons (Fsp3) is 0.615. The third kappa shape index (κ3) is 2.95. The average Bonchev–Trinajstić information content (AvgIpc) is 2.25. The maximum absolute atomic E-state index is 5.78. The van der Waals surface area contributed by atoms with Gasteiger partial charge in [-0.05, 0) is 32.3 Å². The third-order valence-corrected chi connectivity index (χ3v) is 2.96. The van der Waals surface area contributed by atoms with Gasteiger partial charge in [0.15, 0.2) is 0 Å². The molecule has 0 aromatic rings. The van der Waals surface area contributed by atoms with Gasteiger partial charge in [-0.25, -0.2) is 0 Å². The van der Waals surface area contributed by atoms with Crippen molar-refractivity contribution < 1.29 is 4.74 Å². The fourth-order valence-electron chi connectivity index (χ4n) is 2.07. The topological polar surface area (TPSA) is 21.6 Å². The lowest BCUT2D eigenvalue weighted by atomic mass is 9.96. The molecule has 2 rings (SSSR count). The monoisotopic (exact) mass is 205 g/mol. The lowest BCUT2D eigenvalue weighted by Gasteiger charge is -2.25. The van der Waals surface area contributed by atoms with Crippen molar-refractivity contribution in [3.05, 3.63) is 24.1 Å². The first kappa shape index (κ1) is 10.5. The predicted molar refractivity (Wildman–Crippen MR) is 62.8 cm³/mol. The molecular formula is C13H19NO. The molecule has 0 saturated heterocycles. The van der Waals surface area contributed by atoms with E-state index >= 15 is 0 Å². The summed E-state index contributed by atoms with van der Waals surface area (Å²) in [5, 5.41) is 0. The van der Waals surface area contributed by atoms with Gasteiger partial charge in [0, 0.05) is 12.1 Å². The van der Waals surface area contributed by atoms with Crippen molar-refractivity contribution in [2.24, 2.45) is 10.9 Å². The summed E-state index contributed by atoms with van der Waals surface area (Å²) in [5.74, 6) is 1.50. The van der Waals surface area contributed by atoms with Crippen molar-refractivity contribution >= 4 is 6.21 Å². The maximum Gasteiger partial charge on any atom is 0.122 e. The van der Waals surface area contributed by atoms with Crippen LogP contribution in [0.4, 0.5) is 0 Å². The van der Waals surface area contributed by atoms with E-state index in [1.165, 1.54) is 25.7 Å². The van der Waals surface area contributed by atoms with Crippen LogP contribution in [0, 0.1) is 5.92 Å². The Kier molecular flexibility index (Phi) is 3.59. The van der Waals surface area contributed by atoms with Gasteiger partial charge in [0.25, 0.3) is 0 Å². The number of aliphatic imine (C=N–C) groups is 1. The van der Waals surface area contributed by atoms with Crippen LogP contribution >= 0.6 is 0 Å². The number of hydrogen-bond acceptors (Lipinski definition) is 2. The molecule has 0 amide bonds. The minimum absolute atomic E-state index is 0.200. The summed E-state index contributed by atoms with van der Waals surface area (Å²) >= 11 is 0. The maximum atomic E-state index is 5.78. The fourth-order valence-corrected chi connectivity index (χ4v) is 2.07. The molecule has 15 heavy (non-hydrogen) atoms. The number of rotatable bonds is 0. The smallest absolute Gasteiger partial charge is 0.122 e. The molecule has 2 heterocycles. The Morgan fingerprint density at radius 2 is 2.20 bits per heavy atom. The molecule has 2 heteroatoms. The van der Waals surface area contributed by atoms with Crippen LogP contribution in [0.3, 0.4) is 0 Å². The van der Waals surface area contributed by atoms with E-state index in [4.69, 9.17) is 4.74 Å². The highest BCUT2D eigenvalue weighted by molar-refractivity contribution is 5.58. The molecular weight excluding hydrogens is 186 g/mol. The van der Waals surface area contributed by atoms with Gasteiger partial charge in [0.1, 0.15) is 11.9 Å². The molecule has 1 unspecified atom stereocenters. The number of ether oxygens (including phenoxy) is 1. The van der Waals surface area contributed by atoms with E-state index in [0.717, 1.165) is 12.2 Å². The van der Waals surface area contributed by atoms with Gasteiger partial charge in [0.05, 0.1) is 6.20 Å². The SMILES string of the molecule is C[C@H]1C=CC2CCCCCC=NC=C2O1. The summed E-state index contributed by atoms with van der Waals surface area (Å²) in [5.41, 5.74) is 0. The lowest BCUT2D eigenvalue weighted by Crippen LogP contribution is -2.16. The van der Waals surface area contributed by atoms with E-state index in [0.29, 0.717) is 5.92 Å². The summed E-state index contributed by atoms with van der Waals surface area (Å²) in [4.78, 5) is 4.31. The molecule has 0 spiro atoms. The summed E-state index contributed by atoms with van der Waals surface area (Å²) < 4.78 is 5.78. The van der Waals surface area contributed by atoms with Crippen molar-refractivity contribution in [2.45, 2.75) is 45.1 Å². The summed E-state index contributed by atoms with van der Waals surface area (Å²) in [6, 6.07) is 0. The standard InChI is InChI=1S/C13H19NO/c1-11-7-8-12-6-4-2-3-5-9-14-10-13(12)15-11/h7-12H,2-6H2,1H3/t11-,12?/m0/s1. The second-order valence-corrected chi connectivity index (χ2v) is 4.32. The highest BCUT2D eigenvalue weighted by Gasteiger charge is 2.19. The molecule has 2 atom stereocenters. The normalized spacial score (nSPS) is 31.4. The van der Waals surface area contributed by atoms with E-state index < -0.39 is 0 Å². The highest BCUT2D eigenvalue weighted by atomic mass is 16.5. The number of allylic oxidation sites excluding steroid dienone is 1. The first-order valence-electron chi connectivity index (χ1n) is 5.93.